The Balaban J connectivity index is 2.26. The van der Waals surface area contributed by atoms with Gasteiger partial charge in [-0.25, -0.2) is 0 Å². The van der Waals surface area contributed by atoms with Crippen LogP contribution in [0.1, 0.15) is 85.3 Å². The number of Topliss-reactive ketones (excluding diaryl/α,β-unsaturated/α-hetero) is 1. The Morgan fingerprint density at radius 1 is 0.933 bits per heavy atom. The van der Waals surface area contributed by atoms with E-state index in [-0.39, 0.29) is 18.1 Å². The first-order valence-corrected chi connectivity index (χ1v) is 15.2. The maximum absolute atomic E-state index is 12.1. The molecule has 1 heterocycles. The summed E-state index contributed by atoms with van der Waals surface area (Å²) >= 11 is 0. The second-order valence-electron chi connectivity index (χ2n) is 12.0. The van der Waals surface area contributed by atoms with Gasteiger partial charge in [-0.15, -0.1) is 0 Å². The third-order valence-electron chi connectivity index (χ3n) is 7.11. The van der Waals surface area contributed by atoms with Crippen LogP contribution in [0, 0.1) is 12.8 Å². The molecule has 0 spiro atoms. The molecule has 2 N–H and O–H groups in total. The zero-order chi connectivity index (χ0) is 33.8. The summed E-state index contributed by atoms with van der Waals surface area (Å²) < 4.78 is 27.8. The van der Waals surface area contributed by atoms with E-state index in [0.717, 1.165) is 37.8 Å². The number of benzene rings is 1. The molecule has 0 bridgehead atoms. The monoisotopic (exact) mass is 632 g/mol. The summed E-state index contributed by atoms with van der Waals surface area (Å²) in [6.07, 6.45) is 0.255. The molecule has 45 heavy (non-hydrogen) atoms. The van der Waals surface area contributed by atoms with E-state index in [1.54, 1.807) is 19.1 Å². The first kappa shape index (κ1) is 37.5. The lowest BCUT2D eigenvalue weighted by Crippen LogP contribution is -2.62. The van der Waals surface area contributed by atoms with Crippen molar-refractivity contribution in [2.75, 3.05) is 6.61 Å². The number of esters is 3. The van der Waals surface area contributed by atoms with Crippen molar-refractivity contribution in [2.45, 2.75) is 118 Å². The van der Waals surface area contributed by atoms with Crippen molar-refractivity contribution in [3.63, 3.8) is 0 Å². The van der Waals surface area contributed by atoms with E-state index in [2.05, 4.69) is 6.08 Å². The average molecular weight is 633 g/mol. The Morgan fingerprint density at radius 2 is 1.58 bits per heavy atom. The highest BCUT2D eigenvalue weighted by Crippen LogP contribution is 2.33. The van der Waals surface area contributed by atoms with Crippen LogP contribution in [0.4, 0.5) is 0 Å². The van der Waals surface area contributed by atoms with E-state index in [1.165, 1.54) is 6.92 Å². The molecule has 2 rings (SSSR count). The van der Waals surface area contributed by atoms with Gasteiger partial charge < -0.3 is 33.9 Å². The highest BCUT2D eigenvalue weighted by Gasteiger charge is 2.51. The predicted molar refractivity (Wildman–Crippen MR) is 165 cm³/mol. The van der Waals surface area contributed by atoms with Gasteiger partial charge >= 0.3 is 17.9 Å². The molecule has 1 saturated heterocycles. The Hall–Kier alpha value is -3.70. The molecular weight excluding hydrogens is 584 g/mol. The fourth-order valence-corrected chi connectivity index (χ4v) is 4.94. The van der Waals surface area contributed by atoms with Gasteiger partial charge in [0.25, 0.3) is 0 Å². The number of hydrogen-bond donors (Lipinski definition) is 2. The Morgan fingerprint density at radius 3 is 2.18 bits per heavy atom. The smallest absolute Gasteiger partial charge is 0.303 e. The van der Waals surface area contributed by atoms with Gasteiger partial charge in [0.05, 0.1) is 0 Å². The van der Waals surface area contributed by atoms with Gasteiger partial charge in [0, 0.05) is 39.2 Å². The van der Waals surface area contributed by atoms with Crippen molar-refractivity contribution in [3.05, 3.63) is 46.6 Å². The molecule has 1 aliphatic heterocycles. The van der Waals surface area contributed by atoms with Crippen LogP contribution in [0.5, 0.6) is 11.5 Å². The van der Waals surface area contributed by atoms with Crippen molar-refractivity contribution < 1.29 is 53.1 Å². The summed E-state index contributed by atoms with van der Waals surface area (Å²) in [6, 6.07) is 3.17. The second-order valence-corrected chi connectivity index (χ2v) is 12.0. The van der Waals surface area contributed by atoms with Gasteiger partial charge in [0.1, 0.15) is 30.0 Å². The number of aliphatic hydroxyl groups is 1. The Labute approximate surface area is 265 Å². The highest BCUT2D eigenvalue weighted by molar-refractivity contribution is 5.80. The third kappa shape index (κ3) is 12.7. The minimum absolute atomic E-state index is 0.0542. The number of ether oxygens (including phenoxy) is 5. The van der Waals surface area contributed by atoms with Gasteiger partial charge in [0.2, 0.25) is 6.29 Å². The minimum Gasteiger partial charge on any atom is -0.508 e. The Bertz CT molecular complexity index is 1260. The van der Waals surface area contributed by atoms with E-state index < -0.39 is 48.6 Å². The number of aliphatic hydroxyl groups excluding tert-OH is 1. The summed E-state index contributed by atoms with van der Waals surface area (Å²) in [5.41, 5.74) is 3.25. The van der Waals surface area contributed by atoms with Crippen LogP contribution in [0.15, 0.2) is 35.4 Å². The van der Waals surface area contributed by atoms with Crippen molar-refractivity contribution in [3.8, 4) is 11.5 Å². The topological polar surface area (TPSA) is 155 Å². The van der Waals surface area contributed by atoms with E-state index in [4.69, 9.17) is 23.7 Å². The molecule has 1 fully saturated rings. The summed E-state index contributed by atoms with van der Waals surface area (Å²) in [7, 11) is 0. The predicted octanol–water partition coefficient (Wildman–Crippen LogP) is 4.81. The summed E-state index contributed by atoms with van der Waals surface area (Å²) in [6.45, 7) is 12.8. The maximum atomic E-state index is 12.1. The molecule has 0 saturated carbocycles. The van der Waals surface area contributed by atoms with E-state index in [9.17, 15) is 29.4 Å². The third-order valence-corrected chi connectivity index (χ3v) is 7.11. The summed E-state index contributed by atoms with van der Waals surface area (Å²) in [4.78, 5) is 47.4. The number of phenols is 1. The molecule has 0 aliphatic carbocycles. The molecule has 11 heteroatoms. The average Bonchev–Trinajstić information content (AvgIpc) is 2.91. The minimum atomic E-state index is -1.59. The van der Waals surface area contributed by atoms with Crippen LogP contribution in [-0.2, 0) is 44.5 Å². The van der Waals surface area contributed by atoms with Gasteiger partial charge in [-0.05, 0) is 63.6 Å². The van der Waals surface area contributed by atoms with Crippen molar-refractivity contribution in [1.82, 2.24) is 0 Å². The normalized spacial score (nSPS) is 22.1. The molecule has 11 nitrogen and oxygen atoms in total. The molecule has 1 aromatic rings. The largest absolute Gasteiger partial charge is 0.508 e. The quantitative estimate of drug-likeness (QED) is 0.155. The number of rotatable bonds is 15. The molecule has 5 atom stereocenters. The van der Waals surface area contributed by atoms with Gasteiger partial charge in [-0.1, -0.05) is 37.1 Å². The van der Waals surface area contributed by atoms with Crippen LogP contribution < -0.4 is 4.74 Å². The Kier molecular flexibility index (Phi) is 14.7. The van der Waals surface area contributed by atoms with Crippen molar-refractivity contribution >= 4 is 23.7 Å². The number of carbonyl (C=O) groups excluding carboxylic acids is 4. The number of allylic oxidation sites excluding steroid dienone is 4. The number of ketones is 1. The molecule has 1 aromatic carbocycles. The molecule has 0 aromatic heterocycles. The van der Waals surface area contributed by atoms with Crippen molar-refractivity contribution in [2.24, 2.45) is 5.92 Å². The fraction of sp³-hybridized carbons (Fsp3) is 0.588. The molecule has 250 valence electrons. The molecule has 1 aliphatic rings. The first-order valence-electron chi connectivity index (χ1n) is 15.2. The van der Waals surface area contributed by atoms with Gasteiger partial charge in [-0.2, -0.15) is 0 Å². The number of aromatic hydroxyl groups is 1. The lowest BCUT2D eigenvalue weighted by atomic mass is 9.98. The second kappa shape index (κ2) is 17.7. The highest BCUT2D eigenvalue weighted by atomic mass is 16.7. The van der Waals surface area contributed by atoms with Crippen LogP contribution >= 0.6 is 0 Å². The lowest BCUT2D eigenvalue weighted by molar-refractivity contribution is -0.285. The standard InChI is InChI=1S/C34H48O11/c1-19(2)14-27(38)15-21(4)11-9-10-20(3)12-13-26-17-28(39)22(5)16-29(26)44-34-31(40)33(43-25(8)37)32(42-24(7)36)30(45-34)18-41-23(6)35/h11-12,16-17,19,30-34,39-40H,9-10,13-15,18H2,1-8H3/b20-12+,21-11+/t30-,31-,32+,33-,34-/m1/s1. The van der Waals surface area contributed by atoms with Gasteiger partial charge in [0.15, 0.2) is 18.3 Å². The molecule has 0 unspecified atom stereocenters. The number of phenolic OH excluding ortho intramolecular Hbond substituents is 1. The van der Waals surface area contributed by atoms with Crippen LogP contribution in [0.25, 0.3) is 0 Å². The zero-order valence-corrected chi connectivity index (χ0v) is 27.6. The molecular formula is C34H48O11. The zero-order valence-electron chi connectivity index (χ0n) is 27.6. The number of hydrogen-bond acceptors (Lipinski definition) is 11. The van der Waals surface area contributed by atoms with E-state index >= 15 is 0 Å². The lowest BCUT2D eigenvalue weighted by Gasteiger charge is -2.42. The number of carbonyl (C=O) groups is 4. The first-order chi connectivity index (χ1) is 21.1. The SMILES string of the molecule is CC(=O)OC[C@H]1O[C@@H](Oc2cc(C)c(O)cc2C/C=C(\C)CC/C=C(\C)CC(=O)CC(C)C)[C@H](O)[C@@H](OC(C)=O)[C@H]1OC(C)=O. The number of aryl methyl sites for hydroxylation is 1. The maximum Gasteiger partial charge on any atom is 0.303 e. The molecule has 0 radical (unpaired) electrons. The van der Waals surface area contributed by atoms with Crippen LogP contribution in [-0.4, -0.2) is 71.2 Å². The van der Waals surface area contributed by atoms with E-state index in [0.29, 0.717) is 42.1 Å². The van der Waals surface area contributed by atoms with Crippen LogP contribution in [0.2, 0.25) is 0 Å². The summed E-state index contributed by atoms with van der Waals surface area (Å²) in [5, 5.41) is 21.6. The summed E-state index contributed by atoms with van der Waals surface area (Å²) in [5.74, 6) is -1.13. The van der Waals surface area contributed by atoms with Crippen LogP contribution in [0.3, 0.4) is 0 Å². The van der Waals surface area contributed by atoms with Crippen molar-refractivity contribution in [1.29, 1.82) is 0 Å². The van der Waals surface area contributed by atoms with Gasteiger partial charge in [-0.3, -0.25) is 19.2 Å². The fourth-order valence-electron chi connectivity index (χ4n) is 4.94. The van der Waals surface area contributed by atoms with E-state index in [1.807, 2.05) is 33.8 Å². The molecule has 0 amide bonds.